The molecular formula is C12H24N2O3S. The van der Waals surface area contributed by atoms with Crippen LogP contribution in [0.5, 0.6) is 0 Å². The zero-order valence-corrected chi connectivity index (χ0v) is 12.2. The van der Waals surface area contributed by atoms with Gasteiger partial charge in [0.1, 0.15) is 0 Å². The predicted molar refractivity (Wildman–Crippen MR) is 71.8 cm³/mol. The Morgan fingerprint density at radius 2 is 1.83 bits per heavy atom. The summed E-state index contributed by atoms with van der Waals surface area (Å²) >= 11 is 0. The fourth-order valence-electron chi connectivity index (χ4n) is 2.16. The Hall–Kier alpha value is -0.620. The number of hydrogen-bond donors (Lipinski definition) is 0. The molecule has 1 aliphatic heterocycles. The number of amides is 1. The monoisotopic (exact) mass is 276 g/mol. The summed E-state index contributed by atoms with van der Waals surface area (Å²) in [6.07, 6.45) is 5.66. The molecule has 0 saturated carbocycles. The van der Waals surface area contributed by atoms with Gasteiger partial charge in [0, 0.05) is 32.6 Å². The Kier molecular flexibility index (Phi) is 6.08. The van der Waals surface area contributed by atoms with E-state index in [-0.39, 0.29) is 5.91 Å². The van der Waals surface area contributed by atoms with Crippen LogP contribution in [0.3, 0.4) is 0 Å². The zero-order chi connectivity index (χ0) is 13.6. The van der Waals surface area contributed by atoms with Crippen molar-refractivity contribution >= 4 is 15.9 Å². The molecular weight excluding hydrogens is 252 g/mol. The summed E-state index contributed by atoms with van der Waals surface area (Å²) in [6.45, 7) is 4.27. The van der Waals surface area contributed by atoms with Crippen molar-refractivity contribution in [1.82, 2.24) is 9.21 Å². The number of carbonyl (C=O) groups is 1. The number of unbranched alkanes of at least 4 members (excludes halogenated alkanes) is 2. The van der Waals surface area contributed by atoms with E-state index in [1.165, 1.54) is 10.6 Å². The molecule has 0 aromatic rings. The Morgan fingerprint density at radius 1 is 1.11 bits per heavy atom. The second-order valence-corrected chi connectivity index (χ2v) is 6.84. The minimum Gasteiger partial charge on any atom is -0.341 e. The molecule has 0 N–H and O–H groups in total. The molecule has 1 rings (SSSR count). The molecule has 0 aliphatic carbocycles. The lowest BCUT2D eigenvalue weighted by Gasteiger charge is -2.21. The molecule has 18 heavy (non-hydrogen) atoms. The molecule has 1 amide bonds. The highest BCUT2D eigenvalue weighted by molar-refractivity contribution is 7.88. The van der Waals surface area contributed by atoms with E-state index in [9.17, 15) is 13.2 Å². The third kappa shape index (κ3) is 4.94. The van der Waals surface area contributed by atoms with Gasteiger partial charge in [-0.3, -0.25) is 4.79 Å². The molecule has 0 aromatic heterocycles. The lowest BCUT2D eigenvalue weighted by atomic mass is 10.2. The molecule has 0 radical (unpaired) electrons. The largest absolute Gasteiger partial charge is 0.341 e. The lowest BCUT2D eigenvalue weighted by Crippen LogP contribution is -2.36. The highest BCUT2D eigenvalue weighted by atomic mass is 32.2. The maximum absolute atomic E-state index is 11.9. The molecule has 106 valence electrons. The molecule has 0 unspecified atom stereocenters. The third-order valence-electron chi connectivity index (χ3n) is 3.27. The zero-order valence-electron chi connectivity index (χ0n) is 11.4. The molecule has 6 heteroatoms. The van der Waals surface area contributed by atoms with Gasteiger partial charge in [-0.1, -0.05) is 19.8 Å². The molecule has 0 bridgehead atoms. The summed E-state index contributed by atoms with van der Waals surface area (Å²) in [7, 11) is -3.12. The summed E-state index contributed by atoms with van der Waals surface area (Å²) < 4.78 is 24.4. The van der Waals surface area contributed by atoms with E-state index in [0.717, 1.165) is 25.7 Å². The summed E-state index contributed by atoms with van der Waals surface area (Å²) in [6, 6.07) is 0. The first-order valence-corrected chi connectivity index (χ1v) is 8.53. The van der Waals surface area contributed by atoms with Crippen molar-refractivity contribution in [2.75, 3.05) is 32.4 Å². The molecule has 1 heterocycles. The van der Waals surface area contributed by atoms with E-state index in [0.29, 0.717) is 32.6 Å². The minimum absolute atomic E-state index is 0.166. The average Bonchev–Trinajstić information content (AvgIpc) is 2.54. The summed E-state index contributed by atoms with van der Waals surface area (Å²) in [5, 5.41) is 0. The van der Waals surface area contributed by atoms with Gasteiger partial charge in [0.05, 0.1) is 6.26 Å². The summed E-state index contributed by atoms with van der Waals surface area (Å²) in [4.78, 5) is 13.7. The van der Waals surface area contributed by atoms with Gasteiger partial charge >= 0.3 is 0 Å². The second-order valence-electron chi connectivity index (χ2n) is 4.85. The highest BCUT2D eigenvalue weighted by Gasteiger charge is 2.23. The average molecular weight is 276 g/mol. The maximum atomic E-state index is 11.9. The van der Waals surface area contributed by atoms with Crippen molar-refractivity contribution in [1.29, 1.82) is 0 Å². The second kappa shape index (κ2) is 7.09. The quantitative estimate of drug-likeness (QED) is 0.706. The highest BCUT2D eigenvalue weighted by Crippen LogP contribution is 2.09. The Labute approximate surface area is 110 Å². The van der Waals surface area contributed by atoms with Crippen molar-refractivity contribution in [3.8, 4) is 0 Å². The molecule has 0 atom stereocenters. The molecule has 1 saturated heterocycles. The van der Waals surface area contributed by atoms with Crippen LogP contribution in [-0.4, -0.2) is 56.0 Å². The fourth-order valence-corrected chi connectivity index (χ4v) is 3.03. The van der Waals surface area contributed by atoms with E-state index in [1.807, 2.05) is 0 Å². The molecule has 1 aliphatic rings. The van der Waals surface area contributed by atoms with Crippen molar-refractivity contribution < 1.29 is 13.2 Å². The number of hydrogen-bond acceptors (Lipinski definition) is 3. The predicted octanol–water partition coefficient (Wildman–Crippen LogP) is 1.06. The van der Waals surface area contributed by atoms with Gasteiger partial charge in [-0.25, -0.2) is 12.7 Å². The van der Waals surface area contributed by atoms with E-state index in [4.69, 9.17) is 0 Å². The van der Waals surface area contributed by atoms with E-state index in [2.05, 4.69) is 6.92 Å². The van der Waals surface area contributed by atoms with Crippen molar-refractivity contribution in [2.24, 2.45) is 0 Å². The topological polar surface area (TPSA) is 57.7 Å². The first-order chi connectivity index (χ1) is 8.45. The van der Waals surface area contributed by atoms with Crippen LogP contribution >= 0.6 is 0 Å². The van der Waals surface area contributed by atoms with Crippen LogP contribution < -0.4 is 0 Å². The van der Waals surface area contributed by atoms with Crippen LogP contribution in [0.25, 0.3) is 0 Å². The smallest absolute Gasteiger partial charge is 0.222 e. The normalized spacial score (nSPS) is 18.7. The first-order valence-electron chi connectivity index (χ1n) is 6.68. The number of carbonyl (C=O) groups excluding carboxylic acids is 1. The van der Waals surface area contributed by atoms with Crippen LogP contribution in [0, 0.1) is 0 Å². The van der Waals surface area contributed by atoms with Crippen molar-refractivity contribution in [2.45, 2.75) is 39.0 Å². The Morgan fingerprint density at radius 3 is 2.44 bits per heavy atom. The van der Waals surface area contributed by atoms with Gasteiger partial charge in [0.2, 0.25) is 15.9 Å². The number of nitrogens with zero attached hydrogens (tertiary/aromatic N) is 2. The van der Waals surface area contributed by atoms with Gasteiger partial charge in [-0.05, 0) is 12.8 Å². The van der Waals surface area contributed by atoms with Gasteiger partial charge in [0.15, 0.2) is 0 Å². The molecule has 0 spiro atoms. The number of rotatable bonds is 5. The van der Waals surface area contributed by atoms with Crippen LogP contribution in [0.15, 0.2) is 0 Å². The van der Waals surface area contributed by atoms with Gasteiger partial charge in [-0.2, -0.15) is 0 Å². The van der Waals surface area contributed by atoms with Crippen molar-refractivity contribution in [3.63, 3.8) is 0 Å². The maximum Gasteiger partial charge on any atom is 0.222 e. The van der Waals surface area contributed by atoms with Gasteiger partial charge in [-0.15, -0.1) is 0 Å². The lowest BCUT2D eigenvalue weighted by molar-refractivity contribution is -0.131. The van der Waals surface area contributed by atoms with E-state index in [1.54, 1.807) is 4.90 Å². The van der Waals surface area contributed by atoms with Crippen LogP contribution in [0.2, 0.25) is 0 Å². The third-order valence-corrected chi connectivity index (χ3v) is 4.57. The van der Waals surface area contributed by atoms with Crippen LogP contribution in [0.1, 0.15) is 39.0 Å². The molecule has 5 nitrogen and oxygen atoms in total. The van der Waals surface area contributed by atoms with Gasteiger partial charge < -0.3 is 4.90 Å². The number of sulfonamides is 1. The van der Waals surface area contributed by atoms with E-state index < -0.39 is 10.0 Å². The van der Waals surface area contributed by atoms with Gasteiger partial charge in [0.25, 0.3) is 0 Å². The van der Waals surface area contributed by atoms with Crippen LogP contribution in [0.4, 0.5) is 0 Å². The minimum atomic E-state index is -3.12. The van der Waals surface area contributed by atoms with E-state index >= 15 is 0 Å². The van der Waals surface area contributed by atoms with Crippen LogP contribution in [-0.2, 0) is 14.8 Å². The Balaban J connectivity index is 2.44. The Bertz CT molecular complexity index is 368. The summed E-state index contributed by atoms with van der Waals surface area (Å²) in [5.74, 6) is 0.166. The summed E-state index contributed by atoms with van der Waals surface area (Å²) in [5.41, 5.74) is 0. The standard InChI is InChI=1S/C12H24N2O3S/c1-3-4-5-7-12(15)13-8-6-9-14(11-10-13)18(2,16)17/h3-11H2,1-2H3. The fraction of sp³-hybridized carbons (Fsp3) is 0.917. The SMILES string of the molecule is CCCCCC(=O)N1CCCN(S(C)(=O)=O)CC1. The molecule has 1 fully saturated rings. The molecule has 0 aromatic carbocycles. The first kappa shape index (κ1) is 15.4. The van der Waals surface area contributed by atoms with Crippen molar-refractivity contribution in [3.05, 3.63) is 0 Å².